The van der Waals surface area contributed by atoms with Crippen LogP contribution in [0.25, 0.3) is 0 Å². The fraction of sp³-hybridized carbons (Fsp3) is 0.400. The minimum Gasteiger partial charge on any atom is -0.330 e. The van der Waals surface area contributed by atoms with Crippen LogP contribution in [0.15, 0.2) is 54.6 Å². The van der Waals surface area contributed by atoms with Crippen LogP contribution in [0.4, 0.5) is 0 Å². The molecule has 1 aliphatic carbocycles. The molecular weight excluding hydrogens is 268 g/mol. The molecule has 0 spiro atoms. The molecule has 22 heavy (non-hydrogen) atoms. The predicted octanol–water partition coefficient (Wildman–Crippen LogP) is 3.25. The first-order valence-corrected chi connectivity index (χ1v) is 8.28. The van der Waals surface area contributed by atoms with Gasteiger partial charge in [-0.2, -0.15) is 0 Å². The Hall–Kier alpha value is -1.64. The average Bonchev–Trinajstić information content (AvgIpc) is 2.94. The highest BCUT2D eigenvalue weighted by Gasteiger charge is 2.37. The molecule has 3 rings (SSSR count). The Labute approximate surface area is 134 Å². The van der Waals surface area contributed by atoms with Crippen LogP contribution in [-0.2, 0) is 19.4 Å². The van der Waals surface area contributed by atoms with Gasteiger partial charge in [-0.3, -0.25) is 4.90 Å². The van der Waals surface area contributed by atoms with Crippen molar-refractivity contribution in [2.75, 3.05) is 19.6 Å². The lowest BCUT2D eigenvalue weighted by atomic mass is 9.84. The molecule has 0 aliphatic heterocycles. The molecule has 0 bridgehead atoms. The second-order valence-corrected chi connectivity index (χ2v) is 6.62. The topological polar surface area (TPSA) is 29.3 Å². The zero-order valence-corrected chi connectivity index (χ0v) is 13.5. The van der Waals surface area contributed by atoms with Crippen LogP contribution in [-0.4, -0.2) is 24.5 Å². The Morgan fingerprint density at radius 2 is 1.55 bits per heavy atom. The highest BCUT2D eigenvalue weighted by atomic mass is 15.1. The Morgan fingerprint density at radius 3 is 2.09 bits per heavy atom. The standard InChI is InChI=1S/C20H26N2/c1-2-22(14-17-8-4-3-5-9-17)16-20(15-21)12-18-10-6-7-11-19(18)13-20/h3-11H,2,12-16,21H2,1H3. The number of hydrogen-bond acceptors (Lipinski definition) is 2. The molecule has 0 fully saturated rings. The monoisotopic (exact) mass is 294 g/mol. The maximum Gasteiger partial charge on any atom is 0.0233 e. The van der Waals surface area contributed by atoms with Gasteiger partial charge in [-0.1, -0.05) is 61.5 Å². The largest absolute Gasteiger partial charge is 0.330 e. The first-order valence-electron chi connectivity index (χ1n) is 8.28. The lowest BCUT2D eigenvalue weighted by Gasteiger charge is -2.34. The molecule has 0 heterocycles. The Morgan fingerprint density at radius 1 is 0.955 bits per heavy atom. The highest BCUT2D eigenvalue weighted by molar-refractivity contribution is 5.34. The van der Waals surface area contributed by atoms with Crippen LogP contribution in [0.5, 0.6) is 0 Å². The van der Waals surface area contributed by atoms with Gasteiger partial charge in [0.25, 0.3) is 0 Å². The normalized spacial score (nSPS) is 16.0. The third-order valence-corrected chi connectivity index (χ3v) is 4.94. The molecule has 0 aromatic heterocycles. The molecule has 0 radical (unpaired) electrons. The number of nitrogens with zero attached hydrogens (tertiary/aromatic N) is 1. The van der Waals surface area contributed by atoms with Crippen molar-refractivity contribution < 1.29 is 0 Å². The van der Waals surface area contributed by atoms with Gasteiger partial charge in [0.15, 0.2) is 0 Å². The smallest absolute Gasteiger partial charge is 0.0233 e. The van der Waals surface area contributed by atoms with Gasteiger partial charge < -0.3 is 5.73 Å². The fourth-order valence-electron chi connectivity index (χ4n) is 3.69. The zero-order chi connectivity index (χ0) is 15.4. The zero-order valence-electron chi connectivity index (χ0n) is 13.5. The SMILES string of the molecule is CCN(Cc1ccccc1)CC1(CN)Cc2ccccc2C1. The summed E-state index contributed by atoms with van der Waals surface area (Å²) in [4.78, 5) is 2.54. The lowest BCUT2D eigenvalue weighted by Crippen LogP contribution is -2.43. The number of rotatable bonds is 6. The van der Waals surface area contributed by atoms with Crippen molar-refractivity contribution in [3.8, 4) is 0 Å². The second kappa shape index (κ2) is 6.64. The first kappa shape index (κ1) is 15.3. The van der Waals surface area contributed by atoms with E-state index in [1.807, 2.05) is 0 Å². The van der Waals surface area contributed by atoms with Gasteiger partial charge in [0.1, 0.15) is 0 Å². The quantitative estimate of drug-likeness (QED) is 0.886. The van der Waals surface area contributed by atoms with Crippen molar-refractivity contribution >= 4 is 0 Å². The molecule has 0 saturated heterocycles. The number of benzene rings is 2. The summed E-state index contributed by atoms with van der Waals surface area (Å²) in [5.74, 6) is 0. The van der Waals surface area contributed by atoms with Gasteiger partial charge in [0.2, 0.25) is 0 Å². The Balaban J connectivity index is 1.72. The highest BCUT2D eigenvalue weighted by Crippen LogP contribution is 2.37. The molecule has 0 atom stereocenters. The van der Waals surface area contributed by atoms with Crippen LogP contribution in [0.3, 0.4) is 0 Å². The Bertz CT molecular complexity index is 581. The van der Waals surface area contributed by atoms with Crippen LogP contribution < -0.4 is 5.73 Å². The van der Waals surface area contributed by atoms with Crippen LogP contribution in [0.2, 0.25) is 0 Å². The van der Waals surface area contributed by atoms with Crippen molar-refractivity contribution in [2.45, 2.75) is 26.3 Å². The molecule has 2 aromatic rings. The van der Waals surface area contributed by atoms with E-state index in [0.29, 0.717) is 0 Å². The first-order chi connectivity index (χ1) is 10.7. The van der Waals surface area contributed by atoms with Crippen molar-refractivity contribution in [1.29, 1.82) is 0 Å². The minimum atomic E-state index is 0.203. The molecule has 2 heteroatoms. The van der Waals surface area contributed by atoms with Crippen molar-refractivity contribution in [3.05, 3.63) is 71.3 Å². The summed E-state index contributed by atoms with van der Waals surface area (Å²) < 4.78 is 0. The van der Waals surface area contributed by atoms with Gasteiger partial charge in [-0.15, -0.1) is 0 Å². The number of fused-ring (bicyclic) bond motifs is 1. The summed E-state index contributed by atoms with van der Waals surface area (Å²) in [6.45, 7) is 6.15. The molecule has 2 N–H and O–H groups in total. The summed E-state index contributed by atoms with van der Waals surface area (Å²) in [6.07, 6.45) is 2.23. The number of nitrogens with two attached hydrogens (primary N) is 1. The summed E-state index contributed by atoms with van der Waals surface area (Å²) in [5.41, 5.74) is 10.8. The maximum atomic E-state index is 6.22. The molecule has 2 aromatic carbocycles. The van der Waals surface area contributed by atoms with Crippen LogP contribution in [0, 0.1) is 5.41 Å². The molecule has 0 saturated carbocycles. The van der Waals surface area contributed by atoms with E-state index in [-0.39, 0.29) is 5.41 Å². The Kier molecular flexibility index (Phi) is 4.60. The van der Waals surface area contributed by atoms with Gasteiger partial charge >= 0.3 is 0 Å². The summed E-state index contributed by atoms with van der Waals surface area (Å²) in [6, 6.07) is 19.6. The van der Waals surface area contributed by atoms with E-state index < -0.39 is 0 Å². The average molecular weight is 294 g/mol. The molecular formula is C20H26N2. The number of hydrogen-bond donors (Lipinski definition) is 1. The van der Waals surface area contributed by atoms with Gasteiger partial charge in [-0.05, 0) is 42.6 Å². The van der Waals surface area contributed by atoms with Crippen molar-refractivity contribution in [2.24, 2.45) is 11.1 Å². The van der Waals surface area contributed by atoms with Gasteiger partial charge in [0, 0.05) is 18.5 Å². The molecule has 116 valence electrons. The van der Waals surface area contributed by atoms with E-state index in [0.717, 1.165) is 39.0 Å². The van der Waals surface area contributed by atoms with Gasteiger partial charge in [0.05, 0.1) is 0 Å². The molecule has 1 aliphatic rings. The van der Waals surface area contributed by atoms with Crippen LogP contribution in [0.1, 0.15) is 23.6 Å². The van der Waals surface area contributed by atoms with E-state index in [9.17, 15) is 0 Å². The minimum absolute atomic E-state index is 0.203. The molecule has 0 unspecified atom stereocenters. The van der Waals surface area contributed by atoms with Crippen molar-refractivity contribution in [1.82, 2.24) is 4.90 Å². The third-order valence-electron chi connectivity index (χ3n) is 4.94. The summed E-state index contributed by atoms with van der Waals surface area (Å²) in [7, 11) is 0. The van der Waals surface area contributed by atoms with E-state index in [2.05, 4.69) is 66.4 Å². The van der Waals surface area contributed by atoms with Gasteiger partial charge in [-0.25, -0.2) is 0 Å². The second-order valence-electron chi connectivity index (χ2n) is 6.62. The van der Waals surface area contributed by atoms with E-state index >= 15 is 0 Å². The van der Waals surface area contributed by atoms with E-state index in [4.69, 9.17) is 5.73 Å². The molecule has 0 amide bonds. The van der Waals surface area contributed by atoms with Crippen LogP contribution >= 0.6 is 0 Å². The summed E-state index contributed by atoms with van der Waals surface area (Å²) in [5, 5.41) is 0. The van der Waals surface area contributed by atoms with E-state index in [1.165, 1.54) is 16.7 Å². The van der Waals surface area contributed by atoms with E-state index in [1.54, 1.807) is 0 Å². The predicted molar refractivity (Wildman–Crippen MR) is 92.7 cm³/mol. The van der Waals surface area contributed by atoms with Crippen molar-refractivity contribution in [3.63, 3.8) is 0 Å². The lowest BCUT2D eigenvalue weighted by molar-refractivity contribution is 0.161. The fourth-order valence-corrected chi connectivity index (χ4v) is 3.69. The third kappa shape index (κ3) is 3.23. The maximum absolute atomic E-state index is 6.22. The molecule has 2 nitrogen and oxygen atoms in total. The summed E-state index contributed by atoms with van der Waals surface area (Å²) >= 11 is 0.